The van der Waals surface area contributed by atoms with Crippen molar-refractivity contribution >= 4 is 29.1 Å². The molecule has 0 radical (unpaired) electrons. The predicted octanol–water partition coefficient (Wildman–Crippen LogP) is 5.17. The summed E-state index contributed by atoms with van der Waals surface area (Å²) in [4.78, 5) is 37.0. The molecule has 2 aromatic carbocycles. The number of Topliss-reactive ketones (excluding diaryl/α,β-unsaturated/α-hetero) is 1. The van der Waals surface area contributed by atoms with Gasteiger partial charge in [-0.3, -0.25) is 9.59 Å². The average molecular weight is 389 g/mol. The molecular formula is C21H18ClFO4. The highest BCUT2D eigenvalue weighted by Crippen LogP contribution is 2.29. The lowest BCUT2D eigenvalue weighted by atomic mass is 9.83. The maximum absolute atomic E-state index is 14.8. The van der Waals surface area contributed by atoms with Crippen LogP contribution in [0.15, 0.2) is 36.4 Å². The topological polar surface area (TPSA) is 71.4 Å². The van der Waals surface area contributed by atoms with Crippen LogP contribution in [-0.4, -0.2) is 22.6 Å². The molecule has 27 heavy (non-hydrogen) atoms. The first-order valence-electron chi connectivity index (χ1n) is 8.80. The van der Waals surface area contributed by atoms with Crippen molar-refractivity contribution in [2.75, 3.05) is 0 Å². The van der Waals surface area contributed by atoms with Gasteiger partial charge in [0.1, 0.15) is 5.82 Å². The summed E-state index contributed by atoms with van der Waals surface area (Å²) < 4.78 is 14.8. The van der Waals surface area contributed by atoms with Crippen LogP contribution in [0.2, 0.25) is 5.02 Å². The van der Waals surface area contributed by atoms with Crippen LogP contribution in [0.4, 0.5) is 4.39 Å². The Balaban J connectivity index is 2.02. The SMILES string of the molecule is O=C(O)c1cc(C(=O)C2CCCCC2)cc(F)c1C(=O)c1ccc(Cl)cc1. The van der Waals surface area contributed by atoms with E-state index in [0.717, 1.165) is 31.4 Å². The lowest BCUT2D eigenvalue weighted by Crippen LogP contribution is -2.20. The Morgan fingerprint density at radius 1 is 0.963 bits per heavy atom. The van der Waals surface area contributed by atoms with E-state index in [1.54, 1.807) is 0 Å². The monoisotopic (exact) mass is 388 g/mol. The normalized spacial score (nSPS) is 14.7. The summed E-state index contributed by atoms with van der Waals surface area (Å²) in [5, 5.41) is 9.90. The fraction of sp³-hybridized carbons (Fsp3) is 0.286. The fourth-order valence-electron chi connectivity index (χ4n) is 3.49. The van der Waals surface area contributed by atoms with E-state index < -0.39 is 28.7 Å². The van der Waals surface area contributed by atoms with Crippen molar-refractivity contribution in [2.24, 2.45) is 5.92 Å². The van der Waals surface area contributed by atoms with Crippen LogP contribution in [0.1, 0.15) is 68.7 Å². The van der Waals surface area contributed by atoms with Crippen molar-refractivity contribution in [1.82, 2.24) is 0 Å². The van der Waals surface area contributed by atoms with Gasteiger partial charge in [-0.25, -0.2) is 9.18 Å². The van der Waals surface area contributed by atoms with Crippen LogP contribution >= 0.6 is 11.6 Å². The van der Waals surface area contributed by atoms with Gasteiger partial charge in [-0.15, -0.1) is 0 Å². The highest BCUT2D eigenvalue weighted by molar-refractivity contribution is 6.30. The third kappa shape index (κ3) is 4.08. The lowest BCUT2D eigenvalue weighted by Gasteiger charge is -2.20. The fourth-order valence-corrected chi connectivity index (χ4v) is 3.62. The van der Waals surface area contributed by atoms with Gasteiger partial charge >= 0.3 is 5.97 Å². The molecule has 1 fully saturated rings. The van der Waals surface area contributed by atoms with Gasteiger partial charge in [0.25, 0.3) is 0 Å². The van der Waals surface area contributed by atoms with Crippen molar-refractivity contribution in [2.45, 2.75) is 32.1 Å². The number of rotatable bonds is 5. The van der Waals surface area contributed by atoms with Crippen molar-refractivity contribution < 1.29 is 23.9 Å². The van der Waals surface area contributed by atoms with E-state index in [1.165, 1.54) is 24.3 Å². The number of carbonyl (C=O) groups excluding carboxylic acids is 2. The molecule has 0 aromatic heterocycles. The zero-order valence-corrected chi connectivity index (χ0v) is 15.3. The number of benzene rings is 2. The molecule has 0 bridgehead atoms. The highest BCUT2D eigenvalue weighted by atomic mass is 35.5. The highest BCUT2D eigenvalue weighted by Gasteiger charge is 2.28. The Kier molecular flexibility index (Phi) is 5.71. The van der Waals surface area contributed by atoms with E-state index >= 15 is 0 Å². The van der Waals surface area contributed by atoms with Crippen molar-refractivity contribution in [3.8, 4) is 0 Å². The van der Waals surface area contributed by atoms with Crippen LogP contribution < -0.4 is 0 Å². The van der Waals surface area contributed by atoms with Gasteiger partial charge in [-0.05, 0) is 49.2 Å². The molecule has 1 aliphatic carbocycles. The van der Waals surface area contributed by atoms with Crippen LogP contribution in [-0.2, 0) is 0 Å². The third-order valence-corrected chi connectivity index (χ3v) is 5.17. The van der Waals surface area contributed by atoms with Gasteiger partial charge in [0.2, 0.25) is 0 Å². The molecule has 140 valence electrons. The van der Waals surface area contributed by atoms with E-state index in [9.17, 15) is 23.9 Å². The molecule has 1 aliphatic rings. The molecule has 0 aliphatic heterocycles. The Morgan fingerprint density at radius 2 is 1.59 bits per heavy atom. The van der Waals surface area contributed by atoms with Gasteiger partial charge in [-0.1, -0.05) is 30.9 Å². The predicted molar refractivity (Wildman–Crippen MR) is 99.1 cm³/mol. The first-order chi connectivity index (χ1) is 12.9. The standard InChI is InChI=1S/C21H18ClFO4/c22-15-8-6-13(7-9-15)20(25)18-16(21(26)27)10-14(11-17(18)23)19(24)12-4-2-1-3-5-12/h6-12H,1-5H2,(H,26,27). The first-order valence-corrected chi connectivity index (χ1v) is 9.17. The smallest absolute Gasteiger partial charge is 0.336 e. The zero-order valence-electron chi connectivity index (χ0n) is 14.5. The number of halogens is 2. The summed E-state index contributed by atoms with van der Waals surface area (Å²) in [6.07, 6.45) is 4.35. The van der Waals surface area contributed by atoms with Gasteiger partial charge in [0, 0.05) is 22.1 Å². The second kappa shape index (κ2) is 8.01. The Bertz CT molecular complexity index is 899. The third-order valence-electron chi connectivity index (χ3n) is 4.91. The Morgan fingerprint density at radius 3 is 2.19 bits per heavy atom. The van der Waals surface area contributed by atoms with Crippen LogP contribution in [0.5, 0.6) is 0 Å². The van der Waals surface area contributed by atoms with Crippen molar-refractivity contribution in [3.63, 3.8) is 0 Å². The molecule has 6 heteroatoms. The summed E-state index contributed by atoms with van der Waals surface area (Å²) in [5.41, 5.74) is -0.935. The van der Waals surface area contributed by atoms with E-state index in [4.69, 9.17) is 11.6 Å². The molecule has 2 aromatic rings. The lowest BCUT2D eigenvalue weighted by molar-refractivity contribution is 0.0692. The van der Waals surface area contributed by atoms with E-state index in [1.807, 2.05) is 0 Å². The number of carbonyl (C=O) groups is 3. The van der Waals surface area contributed by atoms with E-state index in [0.29, 0.717) is 17.9 Å². The summed E-state index contributed by atoms with van der Waals surface area (Å²) in [6, 6.07) is 7.83. The van der Waals surface area contributed by atoms with Crippen LogP contribution in [0.3, 0.4) is 0 Å². The molecule has 1 N–H and O–H groups in total. The molecular weight excluding hydrogens is 371 g/mol. The second-order valence-corrected chi connectivity index (χ2v) is 7.16. The minimum Gasteiger partial charge on any atom is -0.478 e. The first kappa shape index (κ1) is 19.2. The maximum Gasteiger partial charge on any atom is 0.336 e. The summed E-state index contributed by atoms with van der Waals surface area (Å²) in [5.74, 6) is -3.71. The number of ketones is 2. The molecule has 0 unspecified atom stereocenters. The molecule has 0 heterocycles. The molecule has 1 saturated carbocycles. The second-order valence-electron chi connectivity index (χ2n) is 6.72. The number of carboxylic acids is 1. The van der Waals surface area contributed by atoms with Gasteiger partial charge in [0.15, 0.2) is 11.6 Å². The van der Waals surface area contributed by atoms with Crippen LogP contribution in [0, 0.1) is 11.7 Å². The van der Waals surface area contributed by atoms with Gasteiger partial charge < -0.3 is 5.11 Å². The summed E-state index contributed by atoms with van der Waals surface area (Å²) >= 11 is 5.79. The van der Waals surface area contributed by atoms with E-state index in [2.05, 4.69) is 0 Å². The molecule has 4 nitrogen and oxygen atoms in total. The zero-order chi connectivity index (χ0) is 19.6. The summed E-state index contributed by atoms with van der Waals surface area (Å²) in [6.45, 7) is 0. The van der Waals surface area contributed by atoms with E-state index in [-0.39, 0.29) is 22.8 Å². The number of hydrogen-bond acceptors (Lipinski definition) is 3. The van der Waals surface area contributed by atoms with Crippen molar-refractivity contribution in [3.05, 3.63) is 69.5 Å². The number of aromatic carboxylic acids is 1. The van der Waals surface area contributed by atoms with Crippen molar-refractivity contribution in [1.29, 1.82) is 0 Å². The molecule has 0 spiro atoms. The summed E-state index contributed by atoms with van der Waals surface area (Å²) in [7, 11) is 0. The number of hydrogen-bond donors (Lipinski definition) is 1. The van der Waals surface area contributed by atoms with Crippen LogP contribution in [0.25, 0.3) is 0 Å². The largest absolute Gasteiger partial charge is 0.478 e. The quantitative estimate of drug-likeness (QED) is 0.717. The Labute approximate surface area is 161 Å². The molecule has 0 saturated heterocycles. The number of carboxylic acid groups (broad SMARTS) is 1. The minimum atomic E-state index is -1.45. The minimum absolute atomic E-state index is 0.00413. The molecule has 0 amide bonds. The Hall–Kier alpha value is -2.53. The molecule has 0 atom stereocenters. The molecule has 3 rings (SSSR count). The van der Waals surface area contributed by atoms with Gasteiger partial charge in [-0.2, -0.15) is 0 Å². The maximum atomic E-state index is 14.8. The average Bonchev–Trinajstić information content (AvgIpc) is 2.67. The van der Waals surface area contributed by atoms with Gasteiger partial charge in [0.05, 0.1) is 11.1 Å².